The van der Waals surface area contributed by atoms with Gasteiger partial charge in [-0.2, -0.15) is 22.0 Å². The molecule has 20 heavy (non-hydrogen) atoms. The van der Waals surface area contributed by atoms with Crippen molar-refractivity contribution in [2.45, 2.75) is 38.1 Å². The van der Waals surface area contributed by atoms with Crippen LogP contribution in [0.25, 0.3) is 0 Å². The van der Waals surface area contributed by atoms with Crippen LogP contribution < -0.4 is 10.1 Å². The second-order valence-corrected chi connectivity index (χ2v) is 4.66. The number of aromatic nitrogens is 1. The van der Waals surface area contributed by atoms with Crippen LogP contribution in [0.2, 0.25) is 0 Å². The van der Waals surface area contributed by atoms with Gasteiger partial charge in [0, 0.05) is 18.3 Å². The maximum Gasteiger partial charge on any atom is 0.391 e. The Hall–Kier alpha value is -1.60. The summed E-state index contributed by atoms with van der Waals surface area (Å²) < 4.78 is 65.7. The van der Waals surface area contributed by atoms with E-state index in [1.807, 2.05) is 0 Å². The molecule has 3 nitrogen and oxygen atoms in total. The zero-order valence-electron chi connectivity index (χ0n) is 10.3. The summed E-state index contributed by atoms with van der Waals surface area (Å²) in [6.07, 6.45) is -2.60. The third-order valence-corrected chi connectivity index (χ3v) is 2.93. The molecule has 1 N–H and O–H groups in total. The highest BCUT2D eigenvalue weighted by Crippen LogP contribution is 2.39. The van der Waals surface area contributed by atoms with Crippen molar-refractivity contribution >= 4 is 5.82 Å². The summed E-state index contributed by atoms with van der Waals surface area (Å²) in [4.78, 5) is 3.82. The van der Waals surface area contributed by atoms with Crippen molar-refractivity contribution in [3.63, 3.8) is 0 Å². The lowest BCUT2D eigenvalue weighted by Gasteiger charge is -2.20. The molecule has 1 aromatic rings. The molecule has 1 aromatic heterocycles. The van der Waals surface area contributed by atoms with Gasteiger partial charge < -0.3 is 10.1 Å². The van der Waals surface area contributed by atoms with Crippen molar-refractivity contribution in [2.75, 3.05) is 5.32 Å². The van der Waals surface area contributed by atoms with Crippen LogP contribution in [0.3, 0.4) is 0 Å². The second kappa shape index (κ2) is 5.80. The van der Waals surface area contributed by atoms with Gasteiger partial charge in [0.05, 0.1) is 6.42 Å². The van der Waals surface area contributed by atoms with Gasteiger partial charge in [0.2, 0.25) is 0 Å². The molecule has 0 amide bonds. The van der Waals surface area contributed by atoms with Gasteiger partial charge in [0.1, 0.15) is 11.6 Å². The maximum atomic E-state index is 12.5. The number of nitrogens with one attached hydrogen (secondary N) is 1. The molecule has 0 aliphatic heterocycles. The molecule has 1 aliphatic carbocycles. The number of nitrogens with zero attached hydrogens (tertiary/aromatic N) is 1. The molecular weight excluding hydrogens is 283 g/mol. The zero-order chi connectivity index (χ0) is 14.8. The summed E-state index contributed by atoms with van der Waals surface area (Å²) in [5.74, 6) is -0.0959. The van der Waals surface area contributed by atoms with Crippen molar-refractivity contribution in [3.8, 4) is 5.75 Å². The summed E-state index contributed by atoms with van der Waals surface area (Å²) in [6.45, 7) is -2.99. The summed E-state index contributed by atoms with van der Waals surface area (Å²) >= 11 is 0. The van der Waals surface area contributed by atoms with E-state index in [1.54, 1.807) is 0 Å². The Bertz CT molecular complexity index is 448. The summed E-state index contributed by atoms with van der Waals surface area (Å²) in [6, 6.07) is 1.59. The van der Waals surface area contributed by atoms with Crippen LogP contribution >= 0.6 is 0 Å². The Labute approximate surface area is 112 Å². The van der Waals surface area contributed by atoms with Crippen LogP contribution in [0, 0.1) is 5.92 Å². The van der Waals surface area contributed by atoms with E-state index in [9.17, 15) is 22.0 Å². The Morgan fingerprint density at radius 3 is 2.60 bits per heavy atom. The zero-order valence-corrected chi connectivity index (χ0v) is 10.3. The van der Waals surface area contributed by atoms with Crippen LogP contribution in [-0.4, -0.2) is 23.8 Å². The lowest BCUT2D eigenvalue weighted by Crippen LogP contribution is -2.29. The third kappa shape index (κ3) is 4.82. The fraction of sp³-hybridized carbons (Fsp3) is 0.583. The highest BCUT2D eigenvalue weighted by Gasteiger charge is 2.40. The standard InChI is InChI=1S/C12H13F5N2O/c13-11(14)20-8-3-4-18-10(5-8)19-9(7-1-2-7)6-12(15,16)17/h3-5,7,9,11H,1-2,6H2,(H,18,19)/t9-/m1/s1. The minimum atomic E-state index is -4.28. The van der Waals surface area contributed by atoms with E-state index in [0.29, 0.717) is 0 Å². The van der Waals surface area contributed by atoms with Crippen molar-refractivity contribution in [2.24, 2.45) is 5.92 Å². The number of hydrogen-bond donors (Lipinski definition) is 1. The van der Waals surface area contributed by atoms with Gasteiger partial charge in [-0.1, -0.05) is 0 Å². The average molecular weight is 296 g/mol. The lowest BCUT2D eigenvalue weighted by molar-refractivity contribution is -0.138. The molecule has 0 radical (unpaired) electrons. The quantitative estimate of drug-likeness (QED) is 0.810. The van der Waals surface area contributed by atoms with Crippen molar-refractivity contribution in [1.29, 1.82) is 0 Å². The molecule has 0 spiro atoms. The van der Waals surface area contributed by atoms with Crippen LogP contribution in [0.4, 0.5) is 27.8 Å². The number of alkyl halides is 5. The first-order valence-corrected chi connectivity index (χ1v) is 6.07. The maximum absolute atomic E-state index is 12.5. The molecule has 1 fully saturated rings. The molecule has 0 aromatic carbocycles. The fourth-order valence-electron chi connectivity index (χ4n) is 1.94. The molecule has 0 unspecified atom stereocenters. The highest BCUT2D eigenvalue weighted by molar-refractivity contribution is 5.41. The van der Waals surface area contributed by atoms with E-state index in [1.165, 1.54) is 12.3 Å². The van der Waals surface area contributed by atoms with Gasteiger partial charge in [-0.25, -0.2) is 4.98 Å². The van der Waals surface area contributed by atoms with Gasteiger partial charge in [-0.05, 0) is 24.8 Å². The average Bonchev–Trinajstić information content (AvgIpc) is 3.09. The summed E-state index contributed by atoms with van der Waals surface area (Å²) in [7, 11) is 0. The van der Waals surface area contributed by atoms with Crippen molar-refractivity contribution in [1.82, 2.24) is 4.98 Å². The smallest absolute Gasteiger partial charge is 0.391 e. The monoisotopic (exact) mass is 296 g/mol. The Kier molecular flexibility index (Phi) is 4.29. The molecule has 1 heterocycles. The number of pyridine rings is 1. The third-order valence-electron chi connectivity index (χ3n) is 2.93. The fourth-order valence-corrected chi connectivity index (χ4v) is 1.94. The van der Waals surface area contributed by atoms with E-state index >= 15 is 0 Å². The second-order valence-electron chi connectivity index (χ2n) is 4.66. The normalized spacial score (nSPS) is 17.1. The van der Waals surface area contributed by atoms with Crippen LogP contribution in [0.5, 0.6) is 5.75 Å². The first-order valence-electron chi connectivity index (χ1n) is 6.07. The van der Waals surface area contributed by atoms with Crippen LogP contribution in [0.1, 0.15) is 19.3 Å². The van der Waals surface area contributed by atoms with Gasteiger partial charge in [0.15, 0.2) is 0 Å². The minimum Gasteiger partial charge on any atom is -0.435 e. The largest absolute Gasteiger partial charge is 0.435 e. The SMILES string of the molecule is FC(F)Oc1ccnc(N[C@H](CC(F)(F)F)C2CC2)c1. The van der Waals surface area contributed by atoms with Gasteiger partial charge in [0.25, 0.3) is 0 Å². The van der Waals surface area contributed by atoms with E-state index in [4.69, 9.17) is 0 Å². The summed E-state index contributed by atoms with van der Waals surface area (Å²) in [5, 5.41) is 2.66. The first kappa shape index (κ1) is 14.8. The molecule has 0 bridgehead atoms. The molecule has 8 heteroatoms. The van der Waals surface area contributed by atoms with Gasteiger partial charge in [-0.15, -0.1) is 0 Å². The van der Waals surface area contributed by atoms with Crippen molar-refractivity contribution < 1.29 is 26.7 Å². The molecule has 1 atom stereocenters. The van der Waals surface area contributed by atoms with Crippen LogP contribution in [0.15, 0.2) is 18.3 Å². The Morgan fingerprint density at radius 1 is 1.35 bits per heavy atom. The number of ether oxygens (including phenoxy) is 1. The molecule has 2 rings (SSSR count). The highest BCUT2D eigenvalue weighted by atomic mass is 19.4. The van der Waals surface area contributed by atoms with E-state index < -0.39 is 25.3 Å². The van der Waals surface area contributed by atoms with E-state index in [0.717, 1.165) is 18.9 Å². The number of rotatable bonds is 6. The number of hydrogen-bond acceptors (Lipinski definition) is 3. The lowest BCUT2D eigenvalue weighted by atomic mass is 10.1. The van der Waals surface area contributed by atoms with Gasteiger partial charge in [-0.3, -0.25) is 0 Å². The molecule has 1 saturated carbocycles. The predicted octanol–water partition coefficient (Wildman–Crippen LogP) is 3.83. The van der Waals surface area contributed by atoms with Crippen LogP contribution in [-0.2, 0) is 0 Å². The molecule has 112 valence electrons. The Morgan fingerprint density at radius 2 is 2.05 bits per heavy atom. The number of anilines is 1. The number of halogens is 5. The predicted molar refractivity (Wildman–Crippen MR) is 61.7 cm³/mol. The Balaban J connectivity index is 2.02. The topological polar surface area (TPSA) is 34.1 Å². The minimum absolute atomic E-state index is 0.0573. The summed E-state index contributed by atoms with van der Waals surface area (Å²) in [5.41, 5.74) is 0. The molecule has 1 aliphatic rings. The van der Waals surface area contributed by atoms with Gasteiger partial charge >= 0.3 is 12.8 Å². The van der Waals surface area contributed by atoms with E-state index in [2.05, 4.69) is 15.0 Å². The molecule has 0 saturated heterocycles. The van der Waals surface area contributed by atoms with E-state index in [-0.39, 0.29) is 17.5 Å². The van der Waals surface area contributed by atoms with Crippen molar-refractivity contribution in [3.05, 3.63) is 18.3 Å². The first-order chi connectivity index (χ1) is 9.33. The molecular formula is C12H13F5N2O.